The Labute approximate surface area is 171 Å². The molecule has 1 amide bonds. The van der Waals surface area contributed by atoms with Crippen LogP contribution in [0, 0.1) is 0 Å². The number of sulfonamides is 1. The van der Waals surface area contributed by atoms with E-state index in [0.717, 1.165) is 5.75 Å². The van der Waals surface area contributed by atoms with Gasteiger partial charge in [0.15, 0.2) is 0 Å². The van der Waals surface area contributed by atoms with E-state index in [1.54, 1.807) is 42.1 Å². The molecular weight excluding hydrogens is 396 g/mol. The number of benzene rings is 2. The van der Waals surface area contributed by atoms with Gasteiger partial charge in [-0.3, -0.25) is 9.52 Å². The van der Waals surface area contributed by atoms with Crippen LogP contribution in [-0.4, -0.2) is 38.5 Å². The van der Waals surface area contributed by atoms with Gasteiger partial charge in [-0.05, 0) is 42.5 Å². The van der Waals surface area contributed by atoms with E-state index in [9.17, 15) is 13.2 Å². The summed E-state index contributed by atoms with van der Waals surface area (Å²) in [4.78, 5) is 12.4. The number of nitrogens with one attached hydrogen (secondary N) is 2. The predicted octanol–water partition coefficient (Wildman–Crippen LogP) is 3.76. The molecule has 6 nitrogen and oxygen atoms in total. The molecular formula is C20H26N2O4S2. The minimum atomic E-state index is -3.76. The molecule has 0 atom stereocenters. The molecule has 0 radical (unpaired) electrons. The molecule has 0 aliphatic heterocycles. The molecule has 28 heavy (non-hydrogen) atoms. The number of hydrogen-bond acceptors (Lipinski definition) is 5. The van der Waals surface area contributed by atoms with Crippen molar-refractivity contribution in [1.82, 2.24) is 5.32 Å². The first-order chi connectivity index (χ1) is 13.1. The number of amides is 1. The molecule has 2 rings (SSSR count). The van der Waals surface area contributed by atoms with Gasteiger partial charge in [0.05, 0.1) is 12.0 Å². The van der Waals surface area contributed by atoms with Crippen LogP contribution in [0.1, 0.15) is 31.1 Å². The molecule has 0 heterocycles. The molecule has 0 aromatic heterocycles. The first kappa shape index (κ1) is 22.1. The van der Waals surface area contributed by atoms with Crippen molar-refractivity contribution < 1.29 is 17.9 Å². The molecule has 0 bridgehead atoms. The molecule has 0 fully saturated rings. The van der Waals surface area contributed by atoms with Crippen molar-refractivity contribution >= 4 is 33.4 Å². The second-order valence-electron chi connectivity index (χ2n) is 7.08. The average molecular weight is 423 g/mol. The van der Waals surface area contributed by atoms with Gasteiger partial charge < -0.3 is 10.1 Å². The molecule has 2 aromatic carbocycles. The summed E-state index contributed by atoms with van der Waals surface area (Å²) >= 11 is 1.77. The minimum absolute atomic E-state index is 0.113. The lowest BCUT2D eigenvalue weighted by Gasteiger charge is -2.17. The zero-order valence-corrected chi connectivity index (χ0v) is 18.1. The Balaban J connectivity index is 2.02. The van der Waals surface area contributed by atoms with Crippen molar-refractivity contribution in [3.63, 3.8) is 0 Å². The number of carbonyl (C=O) groups is 1. The monoisotopic (exact) mass is 422 g/mol. The Bertz CT molecular complexity index is 905. The van der Waals surface area contributed by atoms with Crippen LogP contribution in [0.2, 0.25) is 0 Å². The van der Waals surface area contributed by atoms with E-state index in [4.69, 9.17) is 4.74 Å². The van der Waals surface area contributed by atoms with Crippen LogP contribution in [0.4, 0.5) is 5.69 Å². The van der Waals surface area contributed by atoms with Crippen LogP contribution < -0.4 is 14.8 Å². The van der Waals surface area contributed by atoms with E-state index < -0.39 is 10.0 Å². The second-order valence-corrected chi connectivity index (χ2v) is 10.7. The topological polar surface area (TPSA) is 84.5 Å². The third-order valence-electron chi connectivity index (χ3n) is 3.67. The summed E-state index contributed by atoms with van der Waals surface area (Å²) in [5.74, 6) is 1.14. The van der Waals surface area contributed by atoms with E-state index in [0.29, 0.717) is 23.5 Å². The van der Waals surface area contributed by atoms with E-state index in [-0.39, 0.29) is 15.5 Å². The number of hydrogen-bond donors (Lipinski definition) is 2. The Hall–Kier alpha value is -2.19. The van der Waals surface area contributed by atoms with Crippen LogP contribution in [0.5, 0.6) is 5.75 Å². The molecule has 0 aliphatic carbocycles. The number of ether oxygens (including phenoxy) is 1. The maximum Gasteiger partial charge on any atom is 0.261 e. The molecule has 0 unspecified atom stereocenters. The lowest BCUT2D eigenvalue weighted by Crippen LogP contribution is -2.27. The molecule has 152 valence electrons. The van der Waals surface area contributed by atoms with Crippen LogP contribution in [0.25, 0.3) is 0 Å². The van der Waals surface area contributed by atoms with Crippen LogP contribution in [-0.2, 0) is 10.0 Å². The van der Waals surface area contributed by atoms with Gasteiger partial charge >= 0.3 is 0 Å². The molecule has 0 saturated carbocycles. The van der Waals surface area contributed by atoms with Crippen molar-refractivity contribution in [3.8, 4) is 5.75 Å². The van der Waals surface area contributed by atoms with Gasteiger partial charge in [0.2, 0.25) is 0 Å². The summed E-state index contributed by atoms with van der Waals surface area (Å²) in [5.41, 5.74) is 0.725. The minimum Gasteiger partial charge on any atom is -0.497 e. The summed E-state index contributed by atoms with van der Waals surface area (Å²) in [5, 5.41) is 2.86. The molecule has 2 aromatic rings. The third kappa shape index (κ3) is 6.76. The van der Waals surface area contributed by atoms with Gasteiger partial charge in [-0.25, -0.2) is 8.42 Å². The number of thioether (sulfide) groups is 1. The van der Waals surface area contributed by atoms with Crippen LogP contribution in [0.15, 0.2) is 53.4 Å². The summed E-state index contributed by atoms with van der Waals surface area (Å²) < 4.78 is 32.7. The molecule has 0 saturated heterocycles. The fraction of sp³-hybridized carbons (Fsp3) is 0.350. The number of anilines is 1. The first-order valence-corrected chi connectivity index (χ1v) is 11.3. The highest BCUT2D eigenvalue weighted by molar-refractivity contribution is 8.00. The van der Waals surface area contributed by atoms with Crippen molar-refractivity contribution in [3.05, 3.63) is 54.1 Å². The van der Waals surface area contributed by atoms with Crippen molar-refractivity contribution in [2.45, 2.75) is 30.4 Å². The second kappa shape index (κ2) is 9.34. The number of methoxy groups -OCH3 is 1. The van der Waals surface area contributed by atoms with Crippen molar-refractivity contribution in [2.24, 2.45) is 0 Å². The SMILES string of the molecule is COc1ccc(S(=O)(=O)Nc2cccc(C(=O)NCCSC(C)(C)C)c2)cc1. The highest BCUT2D eigenvalue weighted by atomic mass is 32.2. The molecule has 2 N–H and O–H groups in total. The average Bonchev–Trinajstić information content (AvgIpc) is 2.64. The smallest absolute Gasteiger partial charge is 0.261 e. The van der Waals surface area contributed by atoms with Crippen molar-refractivity contribution in [1.29, 1.82) is 0 Å². The normalized spacial score (nSPS) is 11.7. The van der Waals surface area contributed by atoms with E-state index >= 15 is 0 Å². The van der Waals surface area contributed by atoms with Gasteiger partial charge in [0.25, 0.3) is 15.9 Å². The molecule has 0 spiro atoms. The predicted molar refractivity (Wildman–Crippen MR) is 115 cm³/mol. The summed E-state index contributed by atoms with van der Waals surface area (Å²) in [6.45, 7) is 6.91. The number of rotatable bonds is 8. The van der Waals surface area contributed by atoms with Gasteiger partial charge in [-0.15, -0.1) is 0 Å². The van der Waals surface area contributed by atoms with E-state index in [1.807, 2.05) is 0 Å². The summed E-state index contributed by atoms with van der Waals surface area (Å²) in [7, 11) is -2.24. The number of carbonyl (C=O) groups excluding carboxylic acids is 1. The fourth-order valence-electron chi connectivity index (χ4n) is 2.32. The van der Waals surface area contributed by atoms with Crippen LogP contribution >= 0.6 is 11.8 Å². The van der Waals surface area contributed by atoms with E-state index in [1.165, 1.54) is 25.3 Å². The van der Waals surface area contributed by atoms with Gasteiger partial charge in [0.1, 0.15) is 5.75 Å². The lowest BCUT2D eigenvalue weighted by molar-refractivity contribution is 0.0956. The maximum absolute atomic E-state index is 12.5. The Morgan fingerprint density at radius 2 is 1.79 bits per heavy atom. The first-order valence-electron chi connectivity index (χ1n) is 8.80. The van der Waals surface area contributed by atoms with Crippen molar-refractivity contribution in [2.75, 3.05) is 24.1 Å². The fourth-order valence-corrected chi connectivity index (χ4v) is 4.18. The Kier molecular flexibility index (Phi) is 7.37. The Morgan fingerprint density at radius 1 is 1.11 bits per heavy atom. The van der Waals surface area contributed by atoms with E-state index in [2.05, 4.69) is 30.8 Å². The maximum atomic E-state index is 12.5. The zero-order valence-electron chi connectivity index (χ0n) is 16.5. The highest BCUT2D eigenvalue weighted by Gasteiger charge is 2.15. The molecule has 8 heteroatoms. The highest BCUT2D eigenvalue weighted by Crippen LogP contribution is 2.22. The van der Waals surface area contributed by atoms with Gasteiger partial charge in [-0.1, -0.05) is 26.8 Å². The van der Waals surface area contributed by atoms with Gasteiger partial charge in [0, 0.05) is 28.3 Å². The van der Waals surface area contributed by atoms with Crippen LogP contribution in [0.3, 0.4) is 0 Å². The summed E-state index contributed by atoms with van der Waals surface area (Å²) in [6, 6.07) is 12.5. The third-order valence-corrected chi connectivity index (χ3v) is 6.34. The quantitative estimate of drug-likeness (QED) is 0.633. The zero-order chi connectivity index (χ0) is 20.8. The Morgan fingerprint density at radius 3 is 2.39 bits per heavy atom. The lowest BCUT2D eigenvalue weighted by atomic mass is 10.2. The standard InChI is InChI=1S/C20H26N2O4S2/c1-20(2,3)27-13-12-21-19(23)15-6-5-7-16(14-15)22-28(24,25)18-10-8-17(26-4)9-11-18/h5-11,14,22H,12-13H2,1-4H3,(H,21,23). The summed E-state index contributed by atoms with van der Waals surface area (Å²) in [6.07, 6.45) is 0. The largest absolute Gasteiger partial charge is 0.497 e. The molecule has 0 aliphatic rings. The van der Waals surface area contributed by atoms with Gasteiger partial charge in [-0.2, -0.15) is 11.8 Å².